The molecule has 0 unspecified atom stereocenters. The van der Waals surface area contributed by atoms with Crippen LogP contribution in [0.2, 0.25) is 10.3 Å². The van der Waals surface area contributed by atoms with Gasteiger partial charge in [-0.25, -0.2) is 9.78 Å². The van der Waals surface area contributed by atoms with Crippen LogP contribution >= 0.6 is 34.5 Å². The second kappa shape index (κ2) is 5.96. The summed E-state index contributed by atoms with van der Waals surface area (Å²) in [7, 11) is 0. The minimum absolute atomic E-state index is 0.0197. The number of hydrogen-bond donors (Lipinski definition) is 2. The summed E-state index contributed by atoms with van der Waals surface area (Å²) in [5, 5.41) is 13.5. The van der Waals surface area contributed by atoms with E-state index in [1.54, 1.807) is 6.07 Å². The number of rotatable bonds is 3. The summed E-state index contributed by atoms with van der Waals surface area (Å²) in [4.78, 5) is 21.6. The number of halogens is 2. The molecule has 0 aliphatic heterocycles. The molecule has 2 N–H and O–H groups in total. The lowest BCUT2D eigenvalue weighted by Crippen LogP contribution is -2.01. The van der Waals surface area contributed by atoms with Gasteiger partial charge in [0.2, 0.25) is 5.28 Å². The van der Waals surface area contributed by atoms with E-state index in [9.17, 15) is 4.79 Å². The van der Waals surface area contributed by atoms with Crippen LogP contribution in [-0.4, -0.2) is 21.0 Å². The van der Waals surface area contributed by atoms with Crippen molar-refractivity contribution in [2.45, 2.75) is 13.8 Å². The quantitative estimate of drug-likeness (QED) is 0.633. The number of carbonyl (C=O) groups is 1. The Bertz CT molecular complexity index is 940. The number of benzene rings is 1. The molecule has 0 atom stereocenters. The maximum absolute atomic E-state index is 11.2. The van der Waals surface area contributed by atoms with Crippen molar-refractivity contribution < 1.29 is 9.90 Å². The summed E-state index contributed by atoms with van der Waals surface area (Å²) in [5.41, 5.74) is 1.65. The molecule has 0 spiro atoms. The first kappa shape index (κ1) is 16.0. The first-order chi connectivity index (χ1) is 10.9. The van der Waals surface area contributed by atoms with Crippen LogP contribution in [0.5, 0.6) is 0 Å². The van der Waals surface area contributed by atoms with Crippen LogP contribution in [0.25, 0.3) is 10.2 Å². The Morgan fingerprint density at radius 2 is 2.00 bits per heavy atom. The van der Waals surface area contributed by atoms with Gasteiger partial charge in [-0.15, -0.1) is 11.3 Å². The molecule has 0 radical (unpaired) electrons. The van der Waals surface area contributed by atoms with E-state index in [1.807, 2.05) is 13.8 Å². The number of aryl methyl sites for hydroxylation is 2. The zero-order valence-electron chi connectivity index (χ0n) is 12.1. The lowest BCUT2D eigenvalue weighted by molar-refractivity contribution is 0.0697. The number of fused-ring (bicyclic) bond motifs is 1. The zero-order chi connectivity index (χ0) is 16.7. The van der Waals surface area contributed by atoms with Crippen molar-refractivity contribution in [2.75, 3.05) is 5.32 Å². The van der Waals surface area contributed by atoms with Crippen molar-refractivity contribution in [1.82, 2.24) is 9.97 Å². The minimum Gasteiger partial charge on any atom is -0.478 e. The highest BCUT2D eigenvalue weighted by Gasteiger charge is 2.15. The van der Waals surface area contributed by atoms with Gasteiger partial charge in [0.25, 0.3) is 0 Å². The summed E-state index contributed by atoms with van der Waals surface area (Å²) in [5.74, 6) is -0.549. The molecule has 0 aliphatic carbocycles. The average molecular weight is 368 g/mol. The molecule has 0 saturated heterocycles. The van der Waals surface area contributed by atoms with Gasteiger partial charge < -0.3 is 10.4 Å². The second-order valence-corrected chi connectivity index (χ2v) is 6.88. The van der Waals surface area contributed by atoms with Crippen LogP contribution in [0, 0.1) is 13.8 Å². The van der Waals surface area contributed by atoms with Gasteiger partial charge in [-0.2, -0.15) is 4.98 Å². The molecule has 0 fully saturated rings. The topological polar surface area (TPSA) is 75.1 Å². The van der Waals surface area contributed by atoms with Gasteiger partial charge in [0.05, 0.1) is 16.0 Å². The van der Waals surface area contributed by atoms with Crippen molar-refractivity contribution >= 4 is 62.2 Å². The number of anilines is 2. The molecule has 2 aromatic heterocycles. The predicted molar refractivity (Wildman–Crippen MR) is 93.6 cm³/mol. The SMILES string of the molecule is Cc1sc2nc(Cl)nc(Nc3ccc(Cl)c(C(=O)O)c3)c2c1C. The van der Waals surface area contributed by atoms with E-state index < -0.39 is 5.97 Å². The summed E-state index contributed by atoms with van der Waals surface area (Å²) < 4.78 is 0. The molecule has 8 heteroatoms. The summed E-state index contributed by atoms with van der Waals surface area (Å²) in [6.07, 6.45) is 0. The zero-order valence-corrected chi connectivity index (χ0v) is 14.5. The van der Waals surface area contributed by atoms with Gasteiger partial charge >= 0.3 is 5.97 Å². The summed E-state index contributed by atoms with van der Waals surface area (Å²) >= 11 is 13.4. The highest BCUT2D eigenvalue weighted by atomic mass is 35.5. The van der Waals surface area contributed by atoms with E-state index in [0.29, 0.717) is 11.5 Å². The third kappa shape index (κ3) is 2.97. The number of carboxylic acids is 1. The fraction of sp³-hybridized carbons (Fsp3) is 0.133. The van der Waals surface area contributed by atoms with Gasteiger partial charge in [-0.3, -0.25) is 0 Å². The fourth-order valence-corrected chi connectivity index (χ4v) is 3.66. The molecule has 5 nitrogen and oxygen atoms in total. The van der Waals surface area contributed by atoms with Gasteiger partial charge in [0.1, 0.15) is 10.6 Å². The number of carboxylic acid groups (broad SMARTS) is 1. The molecule has 2 heterocycles. The van der Waals surface area contributed by atoms with Crippen LogP contribution in [-0.2, 0) is 0 Å². The van der Waals surface area contributed by atoms with Gasteiger partial charge in [0.15, 0.2) is 0 Å². The van der Waals surface area contributed by atoms with Crippen molar-refractivity contribution in [3.63, 3.8) is 0 Å². The van der Waals surface area contributed by atoms with E-state index in [0.717, 1.165) is 20.7 Å². The maximum Gasteiger partial charge on any atom is 0.337 e. The van der Waals surface area contributed by atoms with Crippen LogP contribution in [0.1, 0.15) is 20.8 Å². The van der Waals surface area contributed by atoms with E-state index in [4.69, 9.17) is 28.3 Å². The Morgan fingerprint density at radius 3 is 2.70 bits per heavy atom. The third-order valence-corrected chi connectivity index (χ3v) is 5.06. The molecule has 0 saturated carbocycles. The lowest BCUT2D eigenvalue weighted by Gasteiger charge is -2.09. The molecular weight excluding hydrogens is 357 g/mol. The Labute approximate surface area is 145 Å². The maximum atomic E-state index is 11.2. The Balaban J connectivity index is 2.12. The molecule has 3 aromatic rings. The highest BCUT2D eigenvalue weighted by Crippen LogP contribution is 2.35. The van der Waals surface area contributed by atoms with Crippen molar-refractivity contribution in [3.8, 4) is 0 Å². The third-order valence-electron chi connectivity index (χ3n) is 3.46. The van der Waals surface area contributed by atoms with Crippen molar-refractivity contribution in [1.29, 1.82) is 0 Å². The summed E-state index contributed by atoms with van der Waals surface area (Å²) in [6, 6.07) is 4.67. The first-order valence-corrected chi connectivity index (χ1v) is 8.17. The van der Waals surface area contributed by atoms with Gasteiger partial charge in [0, 0.05) is 10.6 Å². The standard InChI is InChI=1S/C15H11Cl2N3O2S/c1-6-7(2)23-13-11(6)12(19-15(17)20-13)18-8-3-4-10(16)9(5-8)14(21)22/h3-5H,1-2H3,(H,21,22)(H,18,19,20). The average Bonchev–Trinajstić information content (AvgIpc) is 2.75. The number of thiophene rings is 1. The van der Waals surface area contributed by atoms with Crippen LogP contribution in [0.4, 0.5) is 11.5 Å². The van der Waals surface area contributed by atoms with Crippen LogP contribution in [0.3, 0.4) is 0 Å². The molecule has 1 aromatic carbocycles. The molecule has 0 amide bonds. The van der Waals surface area contributed by atoms with E-state index in [2.05, 4.69) is 15.3 Å². The normalized spacial score (nSPS) is 11.0. The van der Waals surface area contributed by atoms with Crippen LogP contribution in [0.15, 0.2) is 18.2 Å². The molecular formula is C15H11Cl2N3O2S. The molecule has 3 rings (SSSR count). The second-order valence-electron chi connectivity index (χ2n) is 4.93. The number of nitrogens with one attached hydrogen (secondary N) is 1. The Morgan fingerprint density at radius 1 is 1.26 bits per heavy atom. The smallest absolute Gasteiger partial charge is 0.337 e. The minimum atomic E-state index is -1.09. The summed E-state index contributed by atoms with van der Waals surface area (Å²) in [6.45, 7) is 3.99. The monoisotopic (exact) mass is 367 g/mol. The number of hydrogen-bond acceptors (Lipinski definition) is 5. The molecule has 0 bridgehead atoms. The van der Waals surface area contributed by atoms with Gasteiger partial charge in [-0.1, -0.05) is 11.6 Å². The number of aromatic nitrogens is 2. The van der Waals surface area contributed by atoms with Crippen molar-refractivity contribution in [2.24, 2.45) is 0 Å². The fourth-order valence-electron chi connectivity index (χ4n) is 2.22. The molecule has 0 aliphatic rings. The van der Waals surface area contributed by atoms with E-state index >= 15 is 0 Å². The van der Waals surface area contributed by atoms with Crippen LogP contribution < -0.4 is 5.32 Å². The lowest BCUT2D eigenvalue weighted by atomic mass is 10.2. The van der Waals surface area contributed by atoms with Gasteiger partial charge in [-0.05, 0) is 49.2 Å². The Kier molecular flexibility index (Phi) is 4.14. The first-order valence-electron chi connectivity index (χ1n) is 6.60. The largest absolute Gasteiger partial charge is 0.478 e. The van der Waals surface area contributed by atoms with E-state index in [-0.39, 0.29) is 15.9 Å². The highest BCUT2D eigenvalue weighted by molar-refractivity contribution is 7.18. The predicted octanol–water partition coefficient (Wildman–Crippen LogP) is 5.06. The Hall–Kier alpha value is -1.89. The van der Waals surface area contributed by atoms with Crippen molar-refractivity contribution in [3.05, 3.63) is 44.5 Å². The number of nitrogens with zero attached hydrogens (tertiary/aromatic N) is 2. The molecule has 23 heavy (non-hydrogen) atoms. The number of aromatic carboxylic acids is 1. The van der Waals surface area contributed by atoms with E-state index in [1.165, 1.54) is 23.5 Å². The molecule has 118 valence electrons.